The van der Waals surface area contributed by atoms with Crippen LogP contribution in [0.15, 0.2) is 66.7 Å². The molecule has 1 aliphatic carbocycles. The van der Waals surface area contributed by atoms with Gasteiger partial charge >= 0.3 is 0 Å². The van der Waals surface area contributed by atoms with E-state index in [9.17, 15) is 9.90 Å². The third-order valence-corrected chi connectivity index (χ3v) is 7.14. The van der Waals surface area contributed by atoms with Crippen molar-refractivity contribution >= 4 is 16.7 Å². The molecule has 0 heterocycles. The van der Waals surface area contributed by atoms with Crippen LogP contribution in [0.4, 0.5) is 0 Å². The van der Waals surface area contributed by atoms with Gasteiger partial charge in [0.25, 0.3) is 5.91 Å². The predicted octanol–water partition coefficient (Wildman–Crippen LogP) is 5.72. The van der Waals surface area contributed by atoms with Crippen molar-refractivity contribution in [1.29, 1.82) is 0 Å². The second-order valence-electron chi connectivity index (χ2n) is 9.40. The van der Waals surface area contributed by atoms with E-state index in [1.165, 1.54) is 41.2 Å². The summed E-state index contributed by atoms with van der Waals surface area (Å²) in [6.07, 6.45) is 5.43. The van der Waals surface area contributed by atoms with Gasteiger partial charge in [-0.25, -0.2) is 0 Å². The normalized spacial score (nSPS) is 20.3. The highest BCUT2D eigenvalue weighted by molar-refractivity contribution is 5.94. The van der Waals surface area contributed by atoms with Gasteiger partial charge in [0.2, 0.25) is 0 Å². The summed E-state index contributed by atoms with van der Waals surface area (Å²) < 4.78 is 0. The number of carbonyl (C=O) groups excluding carboxylic acids is 1. The van der Waals surface area contributed by atoms with Gasteiger partial charge in [-0.2, -0.15) is 0 Å². The number of aliphatic hydroxyl groups excluding tert-OH is 1. The van der Waals surface area contributed by atoms with E-state index < -0.39 is 0 Å². The molecule has 0 bridgehead atoms. The van der Waals surface area contributed by atoms with E-state index in [4.69, 9.17) is 0 Å². The van der Waals surface area contributed by atoms with Crippen LogP contribution in [0, 0.1) is 0 Å². The Hall–Kier alpha value is -2.69. The van der Waals surface area contributed by atoms with Crippen molar-refractivity contribution in [2.75, 3.05) is 6.61 Å². The van der Waals surface area contributed by atoms with E-state index in [1.54, 1.807) is 0 Å². The first-order valence-corrected chi connectivity index (χ1v) is 12.3. The van der Waals surface area contributed by atoms with Gasteiger partial charge in [0, 0.05) is 17.6 Å². The highest BCUT2D eigenvalue weighted by Crippen LogP contribution is 2.34. The molecule has 4 atom stereocenters. The number of fused-ring (bicyclic) bond motifs is 1. The van der Waals surface area contributed by atoms with Crippen LogP contribution in [-0.2, 0) is 0 Å². The number of nitrogens with one attached hydrogen (secondary N) is 2. The smallest absolute Gasteiger partial charge is 0.251 e. The first-order valence-electron chi connectivity index (χ1n) is 12.3. The number of benzene rings is 3. The van der Waals surface area contributed by atoms with Crippen molar-refractivity contribution in [3.8, 4) is 0 Å². The highest BCUT2D eigenvalue weighted by Gasteiger charge is 2.25. The van der Waals surface area contributed by atoms with Crippen LogP contribution in [0.25, 0.3) is 10.8 Å². The lowest BCUT2D eigenvalue weighted by molar-refractivity contribution is 0.0915. The minimum Gasteiger partial charge on any atom is -0.394 e. The Balaban J connectivity index is 1.39. The monoisotopic (exact) mass is 444 g/mol. The Kier molecular flexibility index (Phi) is 7.79. The molecule has 4 heteroatoms. The summed E-state index contributed by atoms with van der Waals surface area (Å²) in [5.74, 6) is 0.392. The average molecular weight is 445 g/mol. The largest absolute Gasteiger partial charge is 0.394 e. The summed E-state index contributed by atoms with van der Waals surface area (Å²) in [7, 11) is 0. The van der Waals surface area contributed by atoms with Gasteiger partial charge in [-0.05, 0) is 72.6 Å². The molecular formula is C29H36N2O2. The maximum absolute atomic E-state index is 12.4. The molecule has 3 aromatic carbocycles. The molecule has 0 saturated heterocycles. The molecule has 3 N–H and O–H groups in total. The number of hydrogen-bond donors (Lipinski definition) is 3. The standard InChI is InChI=1S/C29H36N2O2/c1-3-25(19-32)31-29(33)23-16-14-21(15-17-23)24-10-6-11-26(18-24)30-20(2)27-13-7-9-22-8-4-5-12-28(22)27/h4-5,7-9,12-17,20,24-26,30,32H,3,6,10-11,18-19H2,1-2H3,(H,31,33)/t20-,24?,25-,26?/m1/s1. The molecule has 174 valence electrons. The van der Waals surface area contributed by atoms with Crippen molar-refractivity contribution in [3.05, 3.63) is 83.4 Å². The van der Waals surface area contributed by atoms with E-state index in [1.807, 2.05) is 19.1 Å². The van der Waals surface area contributed by atoms with Crippen LogP contribution in [0.1, 0.15) is 79.4 Å². The minimum atomic E-state index is -0.189. The Morgan fingerprint density at radius 2 is 1.79 bits per heavy atom. The molecule has 33 heavy (non-hydrogen) atoms. The van der Waals surface area contributed by atoms with Gasteiger partial charge in [0.1, 0.15) is 0 Å². The van der Waals surface area contributed by atoms with Crippen LogP contribution >= 0.6 is 0 Å². The van der Waals surface area contributed by atoms with Crippen molar-refractivity contribution in [3.63, 3.8) is 0 Å². The third kappa shape index (κ3) is 5.63. The molecule has 1 fully saturated rings. The first kappa shape index (κ1) is 23.5. The second-order valence-corrected chi connectivity index (χ2v) is 9.40. The Bertz CT molecular complexity index is 1050. The minimum absolute atomic E-state index is 0.0337. The summed E-state index contributed by atoms with van der Waals surface area (Å²) >= 11 is 0. The molecule has 1 aliphatic rings. The number of aliphatic hydroxyl groups is 1. The molecule has 1 amide bonds. The molecule has 0 spiro atoms. The van der Waals surface area contributed by atoms with Crippen molar-refractivity contribution in [2.45, 2.75) is 70.0 Å². The second kappa shape index (κ2) is 11.0. The molecule has 2 unspecified atom stereocenters. The maximum atomic E-state index is 12.4. The molecule has 0 radical (unpaired) electrons. The predicted molar refractivity (Wildman–Crippen MR) is 136 cm³/mol. The Morgan fingerprint density at radius 3 is 2.55 bits per heavy atom. The van der Waals surface area contributed by atoms with Gasteiger partial charge in [-0.3, -0.25) is 4.79 Å². The van der Waals surface area contributed by atoms with Crippen molar-refractivity contribution in [2.24, 2.45) is 0 Å². The first-order chi connectivity index (χ1) is 16.1. The van der Waals surface area contributed by atoms with Gasteiger partial charge in [0.05, 0.1) is 12.6 Å². The van der Waals surface area contributed by atoms with E-state index in [0.29, 0.717) is 30.0 Å². The number of amides is 1. The fourth-order valence-corrected chi connectivity index (χ4v) is 5.17. The number of carbonyl (C=O) groups is 1. The average Bonchev–Trinajstić information content (AvgIpc) is 2.87. The lowest BCUT2D eigenvalue weighted by atomic mass is 9.80. The highest BCUT2D eigenvalue weighted by atomic mass is 16.3. The molecule has 3 aromatic rings. The van der Waals surface area contributed by atoms with Gasteiger partial charge in [0.15, 0.2) is 0 Å². The lowest BCUT2D eigenvalue weighted by Gasteiger charge is -2.32. The van der Waals surface area contributed by atoms with Crippen LogP contribution in [-0.4, -0.2) is 29.7 Å². The third-order valence-electron chi connectivity index (χ3n) is 7.14. The van der Waals surface area contributed by atoms with Crippen molar-refractivity contribution < 1.29 is 9.90 Å². The molecule has 0 aromatic heterocycles. The summed E-state index contributed by atoms with van der Waals surface area (Å²) in [6, 6.07) is 23.8. The van der Waals surface area contributed by atoms with Crippen LogP contribution < -0.4 is 10.6 Å². The molecule has 4 rings (SSSR count). The summed E-state index contributed by atoms with van der Waals surface area (Å²) in [5.41, 5.74) is 3.32. The zero-order valence-corrected chi connectivity index (χ0v) is 19.8. The van der Waals surface area contributed by atoms with Crippen LogP contribution in [0.3, 0.4) is 0 Å². The zero-order chi connectivity index (χ0) is 23.2. The van der Waals surface area contributed by atoms with E-state index >= 15 is 0 Å². The van der Waals surface area contributed by atoms with E-state index in [2.05, 4.69) is 72.2 Å². The fraction of sp³-hybridized carbons (Fsp3) is 0.414. The molecule has 4 nitrogen and oxygen atoms in total. The summed E-state index contributed by atoms with van der Waals surface area (Å²) in [5, 5.41) is 18.7. The Morgan fingerprint density at radius 1 is 1.03 bits per heavy atom. The van der Waals surface area contributed by atoms with Crippen molar-refractivity contribution in [1.82, 2.24) is 10.6 Å². The quantitative estimate of drug-likeness (QED) is 0.417. The molecule has 0 aliphatic heterocycles. The summed E-state index contributed by atoms with van der Waals surface area (Å²) in [4.78, 5) is 12.4. The molecular weight excluding hydrogens is 408 g/mol. The van der Waals surface area contributed by atoms with Gasteiger partial charge < -0.3 is 15.7 Å². The van der Waals surface area contributed by atoms with E-state index in [-0.39, 0.29) is 18.6 Å². The van der Waals surface area contributed by atoms with Crippen LogP contribution in [0.5, 0.6) is 0 Å². The fourth-order valence-electron chi connectivity index (χ4n) is 5.17. The molecule has 1 saturated carbocycles. The number of rotatable bonds is 8. The van der Waals surface area contributed by atoms with Crippen LogP contribution in [0.2, 0.25) is 0 Å². The topological polar surface area (TPSA) is 61.4 Å². The van der Waals surface area contributed by atoms with Gasteiger partial charge in [-0.1, -0.05) is 67.9 Å². The maximum Gasteiger partial charge on any atom is 0.251 e. The van der Waals surface area contributed by atoms with E-state index in [0.717, 1.165) is 6.42 Å². The number of hydrogen-bond acceptors (Lipinski definition) is 3. The SMILES string of the molecule is CC[C@H](CO)NC(=O)c1ccc(C2CCCC(N[C@H](C)c3cccc4ccccc34)C2)cc1. The Labute approximate surface area is 197 Å². The zero-order valence-electron chi connectivity index (χ0n) is 19.8. The lowest BCUT2D eigenvalue weighted by Crippen LogP contribution is -2.37. The summed E-state index contributed by atoms with van der Waals surface area (Å²) in [6.45, 7) is 4.20. The van der Waals surface area contributed by atoms with Gasteiger partial charge in [-0.15, -0.1) is 0 Å².